The quantitative estimate of drug-likeness (QED) is 0.207. The van der Waals surface area contributed by atoms with E-state index in [1.165, 1.54) is 4.90 Å². The van der Waals surface area contributed by atoms with E-state index in [0.29, 0.717) is 16.8 Å². The van der Waals surface area contributed by atoms with Crippen molar-refractivity contribution in [2.45, 2.75) is 36.9 Å². The van der Waals surface area contributed by atoms with Crippen LogP contribution in [0.3, 0.4) is 0 Å². The standard InChI is InChI=1S/C33H29NO5S/c1-21-29(20-40-26-10-3-2-4-11-26)38-33(39-30(21)23-16-14-22(19-35)15-17-23)24-8-7-9-25(18-24)34-31(36)27-12-5-6-13-28(27)32(34)37/h2-18,21,29-30,33,35H,19-20H2,1H3/t21-,29+,30+,33+/m0/s1. The van der Waals surface area contributed by atoms with Crippen LogP contribution in [0.4, 0.5) is 5.69 Å². The number of anilines is 1. The first-order valence-corrected chi connectivity index (χ1v) is 14.3. The number of fused-ring (bicyclic) bond motifs is 1. The van der Waals surface area contributed by atoms with E-state index >= 15 is 0 Å². The zero-order valence-electron chi connectivity index (χ0n) is 22.0. The molecule has 2 aliphatic rings. The lowest BCUT2D eigenvalue weighted by molar-refractivity contribution is -0.268. The van der Waals surface area contributed by atoms with E-state index in [1.54, 1.807) is 48.2 Å². The zero-order chi connectivity index (χ0) is 27.6. The highest BCUT2D eigenvalue weighted by Gasteiger charge is 2.40. The van der Waals surface area contributed by atoms with E-state index in [2.05, 4.69) is 19.1 Å². The highest BCUT2D eigenvalue weighted by atomic mass is 32.2. The highest BCUT2D eigenvalue weighted by Crippen LogP contribution is 2.43. The molecule has 0 aromatic heterocycles. The minimum absolute atomic E-state index is 0.0198. The molecule has 202 valence electrons. The van der Waals surface area contributed by atoms with Crippen LogP contribution in [0, 0.1) is 5.92 Å². The smallest absolute Gasteiger partial charge is 0.266 e. The van der Waals surface area contributed by atoms with Crippen LogP contribution in [0.5, 0.6) is 0 Å². The summed E-state index contributed by atoms with van der Waals surface area (Å²) in [6, 6.07) is 32.2. The summed E-state index contributed by atoms with van der Waals surface area (Å²) >= 11 is 1.74. The topological polar surface area (TPSA) is 76.1 Å². The molecule has 40 heavy (non-hydrogen) atoms. The zero-order valence-corrected chi connectivity index (χ0v) is 22.8. The van der Waals surface area contributed by atoms with E-state index in [9.17, 15) is 14.7 Å². The van der Waals surface area contributed by atoms with Crippen molar-refractivity contribution in [3.8, 4) is 0 Å². The largest absolute Gasteiger partial charge is 0.392 e. The molecule has 1 fully saturated rings. The Kier molecular flexibility index (Phi) is 7.54. The fourth-order valence-corrected chi connectivity index (χ4v) is 6.33. The molecule has 0 unspecified atom stereocenters. The van der Waals surface area contributed by atoms with Gasteiger partial charge in [0.15, 0.2) is 6.29 Å². The molecule has 2 aliphatic heterocycles. The lowest BCUT2D eigenvalue weighted by Crippen LogP contribution is -2.38. The Morgan fingerprint density at radius 2 is 1.45 bits per heavy atom. The predicted octanol–water partition coefficient (Wildman–Crippen LogP) is 6.56. The first-order chi connectivity index (χ1) is 19.5. The van der Waals surface area contributed by atoms with Crippen LogP contribution in [0.1, 0.15) is 56.7 Å². The van der Waals surface area contributed by atoms with Crippen LogP contribution in [0.25, 0.3) is 0 Å². The third-order valence-electron chi connectivity index (χ3n) is 7.48. The number of hydrogen-bond acceptors (Lipinski definition) is 6. The number of ether oxygens (including phenoxy) is 2. The van der Waals surface area contributed by atoms with Crippen molar-refractivity contribution >= 4 is 29.3 Å². The second-order valence-corrected chi connectivity index (χ2v) is 11.1. The Labute approximate surface area is 237 Å². The summed E-state index contributed by atoms with van der Waals surface area (Å²) in [7, 11) is 0. The number of nitrogens with zero attached hydrogens (tertiary/aromatic N) is 1. The number of imide groups is 1. The average Bonchev–Trinajstić information content (AvgIpc) is 3.26. The molecule has 2 amide bonds. The van der Waals surface area contributed by atoms with Gasteiger partial charge in [-0.15, -0.1) is 11.8 Å². The van der Waals surface area contributed by atoms with Gasteiger partial charge in [-0.3, -0.25) is 9.59 Å². The summed E-state index contributed by atoms with van der Waals surface area (Å²) in [6.07, 6.45) is -1.08. The molecule has 0 radical (unpaired) electrons. The van der Waals surface area contributed by atoms with Gasteiger partial charge in [0, 0.05) is 22.1 Å². The van der Waals surface area contributed by atoms with Gasteiger partial charge in [0.2, 0.25) is 0 Å². The summed E-state index contributed by atoms with van der Waals surface area (Å²) in [6.45, 7) is 2.11. The minimum Gasteiger partial charge on any atom is -0.392 e. The van der Waals surface area contributed by atoms with Crippen LogP contribution in [0.15, 0.2) is 108 Å². The molecule has 4 atom stereocenters. The fraction of sp³-hybridized carbons (Fsp3) is 0.212. The molecule has 2 heterocycles. The van der Waals surface area contributed by atoms with Crippen LogP contribution >= 0.6 is 11.8 Å². The predicted molar refractivity (Wildman–Crippen MR) is 154 cm³/mol. The van der Waals surface area contributed by atoms with Crippen molar-refractivity contribution in [2.75, 3.05) is 10.7 Å². The molecule has 6 nitrogen and oxygen atoms in total. The van der Waals surface area contributed by atoms with Crippen LogP contribution in [0.2, 0.25) is 0 Å². The van der Waals surface area contributed by atoms with E-state index in [0.717, 1.165) is 27.3 Å². The number of carbonyl (C=O) groups excluding carboxylic acids is 2. The maximum absolute atomic E-state index is 13.1. The Balaban J connectivity index is 1.30. The van der Waals surface area contributed by atoms with Crippen molar-refractivity contribution in [1.29, 1.82) is 0 Å². The van der Waals surface area contributed by atoms with E-state index in [4.69, 9.17) is 9.47 Å². The molecule has 1 N–H and O–H groups in total. The van der Waals surface area contributed by atoms with Crippen LogP contribution < -0.4 is 4.90 Å². The molecule has 0 spiro atoms. The van der Waals surface area contributed by atoms with Gasteiger partial charge in [-0.1, -0.05) is 73.7 Å². The molecule has 0 aliphatic carbocycles. The number of aliphatic hydroxyl groups excluding tert-OH is 1. The third-order valence-corrected chi connectivity index (χ3v) is 8.58. The van der Waals surface area contributed by atoms with Crippen molar-refractivity contribution < 1.29 is 24.2 Å². The van der Waals surface area contributed by atoms with Gasteiger partial charge in [-0.2, -0.15) is 0 Å². The number of aliphatic hydroxyl groups is 1. The van der Waals surface area contributed by atoms with Gasteiger partial charge in [0.25, 0.3) is 11.8 Å². The average molecular weight is 552 g/mol. The maximum atomic E-state index is 13.1. The Morgan fingerprint density at radius 3 is 2.12 bits per heavy atom. The summed E-state index contributed by atoms with van der Waals surface area (Å²) in [5.41, 5.74) is 3.86. The van der Waals surface area contributed by atoms with Crippen molar-refractivity contribution in [2.24, 2.45) is 5.92 Å². The second-order valence-electron chi connectivity index (χ2n) is 10.0. The lowest BCUT2D eigenvalue weighted by atomic mass is 9.91. The number of rotatable bonds is 7. The SMILES string of the molecule is C[C@H]1[C@@H](CSc2ccccc2)O[C@@H](c2cccc(N3C(=O)c4ccccc4C3=O)c2)O[C@H]1c1ccc(CO)cc1. The molecule has 7 heteroatoms. The molecule has 0 saturated carbocycles. The third kappa shape index (κ3) is 5.09. The van der Waals surface area contributed by atoms with Gasteiger partial charge in [-0.25, -0.2) is 4.90 Å². The number of amides is 2. The summed E-state index contributed by atoms with van der Waals surface area (Å²) < 4.78 is 13.1. The van der Waals surface area contributed by atoms with Crippen molar-refractivity contribution in [3.05, 3.63) is 131 Å². The number of hydrogen-bond donors (Lipinski definition) is 1. The fourth-order valence-electron chi connectivity index (χ4n) is 5.24. The van der Waals surface area contributed by atoms with Gasteiger partial charge < -0.3 is 14.6 Å². The van der Waals surface area contributed by atoms with E-state index in [1.807, 2.05) is 54.6 Å². The van der Waals surface area contributed by atoms with Crippen LogP contribution in [-0.2, 0) is 16.1 Å². The normalized spacial score (nSPS) is 22.4. The monoisotopic (exact) mass is 551 g/mol. The van der Waals surface area contributed by atoms with E-state index in [-0.39, 0.29) is 36.5 Å². The first kappa shape index (κ1) is 26.5. The van der Waals surface area contributed by atoms with E-state index < -0.39 is 6.29 Å². The molecule has 4 aromatic carbocycles. The first-order valence-electron chi connectivity index (χ1n) is 13.3. The Bertz CT molecular complexity index is 1490. The van der Waals surface area contributed by atoms with Crippen LogP contribution in [-0.4, -0.2) is 28.8 Å². The summed E-state index contributed by atoms with van der Waals surface area (Å²) in [5, 5.41) is 9.51. The highest BCUT2D eigenvalue weighted by molar-refractivity contribution is 7.99. The van der Waals surface area contributed by atoms with Crippen molar-refractivity contribution in [1.82, 2.24) is 0 Å². The second kappa shape index (κ2) is 11.4. The molecule has 1 saturated heterocycles. The van der Waals surface area contributed by atoms with Gasteiger partial charge in [-0.05, 0) is 47.5 Å². The van der Waals surface area contributed by atoms with Gasteiger partial charge in [0.1, 0.15) is 0 Å². The molecule has 6 rings (SSSR count). The Morgan fingerprint density at radius 1 is 0.775 bits per heavy atom. The Hall–Kier alpha value is -3.75. The molecule has 0 bridgehead atoms. The maximum Gasteiger partial charge on any atom is 0.266 e. The number of benzene rings is 4. The van der Waals surface area contributed by atoms with Crippen molar-refractivity contribution in [3.63, 3.8) is 0 Å². The molecule has 4 aromatic rings. The van der Waals surface area contributed by atoms with Gasteiger partial charge in [0.05, 0.1) is 35.6 Å². The summed E-state index contributed by atoms with van der Waals surface area (Å²) in [5.74, 6) is 0.104. The molecular formula is C33H29NO5S. The number of thioether (sulfide) groups is 1. The van der Waals surface area contributed by atoms with Gasteiger partial charge >= 0.3 is 0 Å². The lowest BCUT2D eigenvalue weighted by Gasteiger charge is -2.41. The number of carbonyl (C=O) groups is 2. The minimum atomic E-state index is -0.699. The summed E-state index contributed by atoms with van der Waals surface area (Å²) in [4.78, 5) is 28.6. The molecular weight excluding hydrogens is 522 g/mol.